The van der Waals surface area contributed by atoms with E-state index in [9.17, 15) is 14.4 Å². The Bertz CT molecular complexity index is 403. The van der Waals surface area contributed by atoms with E-state index in [1.165, 1.54) is 4.90 Å². The Labute approximate surface area is 119 Å². The largest absolute Gasteiger partial charge is 0.444 e. The van der Waals surface area contributed by atoms with Crippen LogP contribution < -0.4 is 0 Å². The summed E-state index contributed by atoms with van der Waals surface area (Å²) < 4.78 is 5.32. The number of ether oxygens (including phenoxy) is 1. The van der Waals surface area contributed by atoms with Gasteiger partial charge in [-0.05, 0) is 33.6 Å². The SMILES string of the molecule is CC(C)(C)OC(=O)N1CCC(N2C(=O)CCC2=O)CC1. The first-order valence-corrected chi connectivity index (χ1v) is 7.11. The Morgan fingerprint density at radius 2 is 1.60 bits per heavy atom. The first kappa shape index (κ1) is 14.8. The van der Waals surface area contributed by atoms with Crippen molar-refractivity contribution < 1.29 is 19.1 Å². The fourth-order valence-electron chi connectivity index (χ4n) is 2.63. The number of amides is 3. The second-order valence-electron chi connectivity index (χ2n) is 6.36. The molecule has 0 atom stereocenters. The van der Waals surface area contributed by atoms with Gasteiger partial charge in [-0.25, -0.2) is 4.79 Å². The lowest BCUT2D eigenvalue weighted by Crippen LogP contribution is -2.49. The van der Waals surface area contributed by atoms with Gasteiger partial charge in [-0.1, -0.05) is 0 Å². The first-order valence-electron chi connectivity index (χ1n) is 7.11. The quantitative estimate of drug-likeness (QED) is 0.684. The van der Waals surface area contributed by atoms with Crippen molar-refractivity contribution in [2.45, 2.75) is 58.1 Å². The molecule has 6 nitrogen and oxygen atoms in total. The van der Waals surface area contributed by atoms with Crippen LogP contribution in [-0.2, 0) is 14.3 Å². The van der Waals surface area contributed by atoms with Gasteiger partial charge in [0.25, 0.3) is 0 Å². The average Bonchev–Trinajstić information content (AvgIpc) is 2.67. The van der Waals surface area contributed by atoms with Crippen molar-refractivity contribution in [1.29, 1.82) is 0 Å². The second-order valence-corrected chi connectivity index (χ2v) is 6.36. The van der Waals surface area contributed by atoms with Gasteiger partial charge in [0, 0.05) is 32.0 Å². The molecule has 2 rings (SSSR count). The molecule has 0 bridgehead atoms. The number of hydrogen-bond acceptors (Lipinski definition) is 4. The van der Waals surface area contributed by atoms with E-state index in [1.54, 1.807) is 4.90 Å². The summed E-state index contributed by atoms with van der Waals surface area (Å²) in [5, 5.41) is 0. The monoisotopic (exact) mass is 282 g/mol. The van der Waals surface area contributed by atoms with E-state index in [4.69, 9.17) is 4.74 Å². The summed E-state index contributed by atoms with van der Waals surface area (Å²) in [5.74, 6) is -0.156. The molecule has 2 saturated heterocycles. The van der Waals surface area contributed by atoms with Gasteiger partial charge in [-0.15, -0.1) is 0 Å². The molecule has 20 heavy (non-hydrogen) atoms. The molecule has 6 heteroatoms. The summed E-state index contributed by atoms with van der Waals surface area (Å²) in [7, 11) is 0. The average molecular weight is 282 g/mol. The van der Waals surface area contributed by atoms with Gasteiger partial charge < -0.3 is 9.64 Å². The maximum Gasteiger partial charge on any atom is 0.410 e. The Hall–Kier alpha value is -1.59. The second kappa shape index (κ2) is 5.42. The lowest BCUT2D eigenvalue weighted by Gasteiger charge is -2.36. The van der Waals surface area contributed by atoms with Gasteiger partial charge in [-0.3, -0.25) is 14.5 Å². The smallest absolute Gasteiger partial charge is 0.410 e. The Morgan fingerprint density at radius 3 is 2.05 bits per heavy atom. The van der Waals surface area contributed by atoms with Gasteiger partial charge in [-0.2, -0.15) is 0 Å². The molecular weight excluding hydrogens is 260 g/mol. The maximum atomic E-state index is 11.9. The zero-order valence-corrected chi connectivity index (χ0v) is 12.3. The van der Waals surface area contributed by atoms with E-state index >= 15 is 0 Å². The normalized spacial score (nSPS) is 21.6. The van der Waals surface area contributed by atoms with E-state index in [1.807, 2.05) is 20.8 Å². The molecular formula is C14H22N2O4. The molecule has 0 saturated carbocycles. The molecule has 0 unspecified atom stereocenters. The lowest BCUT2D eigenvalue weighted by molar-refractivity contribution is -0.142. The van der Waals surface area contributed by atoms with Crippen LogP contribution in [0.2, 0.25) is 0 Å². The Morgan fingerprint density at radius 1 is 1.10 bits per heavy atom. The molecule has 112 valence electrons. The molecule has 0 spiro atoms. The molecule has 2 aliphatic rings. The number of imide groups is 1. The van der Waals surface area contributed by atoms with Gasteiger partial charge in [0.15, 0.2) is 0 Å². The topological polar surface area (TPSA) is 66.9 Å². The van der Waals surface area contributed by atoms with Crippen molar-refractivity contribution >= 4 is 17.9 Å². The third kappa shape index (κ3) is 3.29. The van der Waals surface area contributed by atoms with Crippen LogP contribution in [0.3, 0.4) is 0 Å². The molecule has 2 heterocycles. The summed E-state index contributed by atoms with van der Waals surface area (Å²) in [4.78, 5) is 38.3. The van der Waals surface area contributed by atoms with Gasteiger partial charge >= 0.3 is 6.09 Å². The molecule has 3 amide bonds. The van der Waals surface area contributed by atoms with Gasteiger partial charge in [0.2, 0.25) is 11.8 Å². The predicted molar refractivity (Wildman–Crippen MR) is 71.9 cm³/mol. The third-order valence-corrected chi connectivity index (χ3v) is 3.57. The van der Waals surface area contributed by atoms with Crippen molar-refractivity contribution in [1.82, 2.24) is 9.80 Å². The molecule has 0 aromatic carbocycles. The number of hydrogen-bond donors (Lipinski definition) is 0. The summed E-state index contributed by atoms with van der Waals surface area (Å²) in [6.07, 6.45) is 1.60. The van der Waals surface area contributed by atoms with Crippen LogP contribution in [0.5, 0.6) is 0 Å². The summed E-state index contributed by atoms with van der Waals surface area (Å²) in [6.45, 7) is 6.55. The van der Waals surface area contributed by atoms with Crippen molar-refractivity contribution in [3.05, 3.63) is 0 Å². The predicted octanol–water partition coefficient (Wildman–Crippen LogP) is 1.53. The number of carbonyl (C=O) groups is 3. The zero-order chi connectivity index (χ0) is 14.9. The third-order valence-electron chi connectivity index (χ3n) is 3.57. The van der Waals surface area contributed by atoms with E-state index in [-0.39, 0.29) is 23.9 Å². The summed E-state index contributed by atoms with van der Waals surface area (Å²) >= 11 is 0. The molecule has 2 fully saturated rings. The maximum absolute atomic E-state index is 11.9. The molecule has 0 aromatic heterocycles. The highest BCUT2D eigenvalue weighted by Gasteiger charge is 2.37. The minimum atomic E-state index is -0.505. The Kier molecular flexibility index (Phi) is 4.01. The van der Waals surface area contributed by atoms with Gasteiger partial charge in [0.1, 0.15) is 5.60 Å². The van der Waals surface area contributed by atoms with Crippen molar-refractivity contribution in [3.8, 4) is 0 Å². The van der Waals surface area contributed by atoms with E-state index in [0.717, 1.165) is 0 Å². The number of piperidine rings is 1. The zero-order valence-electron chi connectivity index (χ0n) is 12.3. The highest BCUT2D eigenvalue weighted by atomic mass is 16.6. The number of rotatable bonds is 1. The van der Waals surface area contributed by atoms with E-state index in [2.05, 4.69) is 0 Å². The van der Waals surface area contributed by atoms with Crippen molar-refractivity contribution in [2.24, 2.45) is 0 Å². The molecule has 0 N–H and O–H groups in total. The first-order chi connectivity index (χ1) is 9.28. The van der Waals surface area contributed by atoms with Crippen LogP contribution in [0.1, 0.15) is 46.5 Å². The van der Waals surface area contributed by atoms with Gasteiger partial charge in [0.05, 0.1) is 0 Å². The minimum Gasteiger partial charge on any atom is -0.444 e. The summed E-state index contributed by atoms with van der Waals surface area (Å²) in [6, 6.07) is -0.0591. The highest BCUT2D eigenvalue weighted by Crippen LogP contribution is 2.24. The van der Waals surface area contributed by atoms with E-state index < -0.39 is 5.60 Å². The Balaban J connectivity index is 1.88. The number of likely N-dealkylation sites (tertiary alicyclic amines) is 2. The van der Waals surface area contributed by atoms with E-state index in [0.29, 0.717) is 38.8 Å². The highest BCUT2D eigenvalue weighted by molar-refractivity contribution is 6.02. The summed E-state index contributed by atoms with van der Waals surface area (Å²) in [5.41, 5.74) is -0.505. The van der Waals surface area contributed by atoms with Crippen LogP contribution in [0.25, 0.3) is 0 Å². The fourth-order valence-corrected chi connectivity index (χ4v) is 2.63. The lowest BCUT2D eigenvalue weighted by atomic mass is 10.0. The van der Waals surface area contributed by atoms with Crippen molar-refractivity contribution in [3.63, 3.8) is 0 Å². The standard InChI is InChI=1S/C14H22N2O4/c1-14(2,3)20-13(19)15-8-6-10(7-9-15)16-11(17)4-5-12(16)18/h10H,4-9H2,1-3H3. The fraction of sp³-hybridized carbons (Fsp3) is 0.786. The minimum absolute atomic E-state index is 0.0591. The number of nitrogens with zero attached hydrogens (tertiary/aromatic N) is 2. The van der Waals surface area contributed by atoms with Crippen LogP contribution in [0, 0.1) is 0 Å². The molecule has 0 aromatic rings. The molecule has 0 radical (unpaired) electrons. The van der Waals surface area contributed by atoms with Crippen molar-refractivity contribution in [2.75, 3.05) is 13.1 Å². The van der Waals surface area contributed by atoms with Crippen LogP contribution in [0.15, 0.2) is 0 Å². The van der Waals surface area contributed by atoms with Crippen LogP contribution >= 0.6 is 0 Å². The molecule has 2 aliphatic heterocycles. The molecule has 0 aliphatic carbocycles. The van der Waals surface area contributed by atoms with Crippen LogP contribution in [0.4, 0.5) is 4.79 Å². The number of carbonyl (C=O) groups excluding carboxylic acids is 3. The van der Waals surface area contributed by atoms with Crippen LogP contribution in [-0.4, -0.2) is 52.4 Å².